The van der Waals surface area contributed by atoms with Gasteiger partial charge in [-0.1, -0.05) is 17.7 Å². The Kier molecular flexibility index (Phi) is 6.15. The van der Waals surface area contributed by atoms with E-state index in [9.17, 15) is 9.90 Å². The summed E-state index contributed by atoms with van der Waals surface area (Å²) >= 11 is 5.91. The van der Waals surface area contributed by atoms with Gasteiger partial charge in [0.05, 0.1) is 18.9 Å². The lowest BCUT2D eigenvalue weighted by molar-refractivity contribution is -0.141. The minimum absolute atomic E-state index is 0.0742. The van der Waals surface area contributed by atoms with Gasteiger partial charge < -0.3 is 14.6 Å². The molecule has 19 heavy (non-hydrogen) atoms. The summed E-state index contributed by atoms with van der Waals surface area (Å²) in [6.07, 6.45) is -0.0757. The molecule has 0 saturated heterocycles. The molecule has 6 heteroatoms. The monoisotopic (exact) mass is 285 g/mol. The minimum atomic E-state index is -0.425. The smallest absolute Gasteiger partial charge is 0.315 e. The lowest BCUT2D eigenvalue weighted by Crippen LogP contribution is -2.14. The van der Waals surface area contributed by atoms with Crippen LogP contribution >= 0.6 is 11.6 Å². The van der Waals surface area contributed by atoms with Crippen LogP contribution in [0.15, 0.2) is 23.2 Å². The second kappa shape index (κ2) is 7.63. The number of aliphatic imine (C=N–C) groups is 1. The van der Waals surface area contributed by atoms with E-state index in [2.05, 4.69) is 4.99 Å². The van der Waals surface area contributed by atoms with E-state index in [1.54, 1.807) is 26.0 Å². The highest BCUT2D eigenvalue weighted by Crippen LogP contribution is 2.33. The molecular weight excluding hydrogens is 270 g/mol. The number of halogens is 1. The van der Waals surface area contributed by atoms with E-state index >= 15 is 0 Å². The molecule has 1 N–H and O–H groups in total. The topological polar surface area (TPSA) is 68.1 Å². The third-order valence-electron chi connectivity index (χ3n) is 2.11. The first-order valence-electron chi connectivity index (χ1n) is 5.91. The van der Waals surface area contributed by atoms with E-state index in [1.165, 1.54) is 6.07 Å². The normalized spacial score (nSPS) is 11.2. The summed E-state index contributed by atoms with van der Waals surface area (Å²) in [5, 5.41) is 9.59. The first-order chi connectivity index (χ1) is 9.08. The number of rotatable bonds is 5. The number of phenols is 1. The number of carbonyl (C=O) groups excluding carboxylic acids is 1. The largest absolute Gasteiger partial charge is 0.506 e. The van der Waals surface area contributed by atoms with Crippen molar-refractivity contribution in [1.82, 2.24) is 0 Å². The Morgan fingerprint density at radius 2 is 2.00 bits per heavy atom. The average Bonchev–Trinajstić information content (AvgIpc) is 2.35. The Labute approximate surface area is 116 Å². The van der Waals surface area contributed by atoms with Gasteiger partial charge in [0.2, 0.25) is 0 Å². The fourth-order valence-corrected chi connectivity index (χ4v) is 1.52. The SMILES string of the molecule is CCOC(=O)C/C(=N\c1cccc(O)c1Cl)OCC. The van der Waals surface area contributed by atoms with Crippen molar-refractivity contribution >= 4 is 29.2 Å². The van der Waals surface area contributed by atoms with E-state index in [1.807, 2.05) is 0 Å². The van der Waals surface area contributed by atoms with Crippen molar-refractivity contribution in [3.05, 3.63) is 23.2 Å². The van der Waals surface area contributed by atoms with E-state index in [0.29, 0.717) is 18.9 Å². The molecular formula is C13H16ClNO4. The second-order valence-electron chi connectivity index (χ2n) is 3.53. The first-order valence-corrected chi connectivity index (χ1v) is 6.29. The zero-order chi connectivity index (χ0) is 14.3. The third-order valence-corrected chi connectivity index (χ3v) is 2.50. The van der Waals surface area contributed by atoms with Crippen LogP contribution in [0.25, 0.3) is 0 Å². The van der Waals surface area contributed by atoms with Gasteiger partial charge in [0.15, 0.2) is 5.90 Å². The van der Waals surface area contributed by atoms with Crippen LogP contribution in [0.2, 0.25) is 5.02 Å². The molecule has 0 spiro atoms. The molecule has 1 rings (SSSR count). The maximum Gasteiger partial charge on any atom is 0.315 e. The molecule has 0 aliphatic rings. The fraction of sp³-hybridized carbons (Fsp3) is 0.385. The number of hydrogen-bond acceptors (Lipinski definition) is 5. The summed E-state index contributed by atoms with van der Waals surface area (Å²) in [7, 11) is 0. The molecule has 0 radical (unpaired) electrons. The van der Waals surface area contributed by atoms with E-state index in [-0.39, 0.29) is 23.1 Å². The Bertz CT molecular complexity index is 474. The molecule has 104 valence electrons. The van der Waals surface area contributed by atoms with Crippen LogP contribution in [0.1, 0.15) is 20.3 Å². The Morgan fingerprint density at radius 3 is 2.63 bits per heavy atom. The van der Waals surface area contributed by atoms with Gasteiger partial charge in [0, 0.05) is 0 Å². The number of aromatic hydroxyl groups is 1. The van der Waals surface area contributed by atoms with Gasteiger partial charge in [-0.2, -0.15) is 0 Å². The quantitative estimate of drug-likeness (QED) is 0.513. The van der Waals surface area contributed by atoms with Crippen molar-refractivity contribution in [2.45, 2.75) is 20.3 Å². The summed E-state index contributed by atoms with van der Waals surface area (Å²) in [6, 6.07) is 4.67. The maximum atomic E-state index is 11.4. The molecule has 0 unspecified atom stereocenters. The molecule has 1 aromatic rings. The summed E-state index contributed by atoms with van der Waals surface area (Å²) in [6.45, 7) is 4.17. The highest BCUT2D eigenvalue weighted by atomic mass is 35.5. The predicted molar refractivity (Wildman–Crippen MR) is 73.1 cm³/mol. The predicted octanol–water partition coefficient (Wildman–Crippen LogP) is 3.07. The van der Waals surface area contributed by atoms with Crippen molar-refractivity contribution in [2.24, 2.45) is 4.99 Å². The van der Waals surface area contributed by atoms with E-state index in [4.69, 9.17) is 21.1 Å². The van der Waals surface area contributed by atoms with Crippen LogP contribution in [0.5, 0.6) is 5.75 Å². The van der Waals surface area contributed by atoms with Gasteiger partial charge in [0.25, 0.3) is 0 Å². The van der Waals surface area contributed by atoms with Gasteiger partial charge in [-0.3, -0.25) is 4.79 Å². The van der Waals surface area contributed by atoms with Crippen molar-refractivity contribution in [3.8, 4) is 5.75 Å². The second-order valence-corrected chi connectivity index (χ2v) is 3.91. The van der Waals surface area contributed by atoms with Crippen LogP contribution in [0.4, 0.5) is 5.69 Å². The highest BCUT2D eigenvalue weighted by Gasteiger charge is 2.11. The summed E-state index contributed by atoms with van der Waals surface area (Å²) in [5.74, 6) is -0.297. The summed E-state index contributed by atoms with van der Waals surface area (Å²) in [4.78, 5) is 15.5. The standard InChI is InChI=1S/C13H16ClNO4/c1-3-18-11(8-12(17)19-4-2)15-9-6-5-7-10(16)13(9)14/h5-7,16H,3-4,8H2,1-2H3/b15-11+. The molecule has 0 aliphatic heterocycles. The zero-order valence-electron chi connectivity index (χ0n) is 10.9. The van der Waals surface area contributed by atoms with E-state index in [0.717, 1.165) is 0 Å². The molecule has 0 saturated carbocycles. The molecule has 5 nitrogen and oxygen atoms in total. The van der Waals surface area contributed by atoms with Gasteiger partial charge in [-0.15, -0.1) is 0 Å². The summed E-state index contributed by atoms with van der Waals surface area (Å²) in [5.41, 5.74) is 0.342. The van der Waals surface area contributed by atoms with Gasteiger partial charge in [0.1, 0.15) is 17.2 Å². The summed E-state index contributed by atoms with van der Waals surface area (Å²) < 4.78 is 10.1. The van der Waals surface area contributed by atoms with Gasteiger partial charge in [-0.25, -0.2) is 4.99 Å². The molecule has 0 aliphatic carbocycles. The maximum absolute atomic E-state index is 11.4. The Balaban J connectivity index is 2.94. The van der Waals surface area contributed by atoms with Gasteiger partial charge in [-0.05, 0) is 26.0 Å². The molecule has 0 heterocycles. The molecule has 0 fully saturated rings. The molecule has 1 aromatic carbocycles. The molecule has 0 bridgehead atoms. The number of nitrogens with zero attached hydrogens (tertiary/aromatic N) is 1. The van der Waals surface area contributed by atoms with Crippen LogP contribution in [0, 0.1) is 0 Å². The molecule has 0 amide bonds. The average molecular weight is 286 g/mol. The number of ether oxygens (including phenoxy) is 2. The van der Waals surface area contributed by atoms with Crippen molar-refractivity contribution < 1.29 is 19.4 Å². The molecule has 0 aromatic heterocycles. The fourth-order valence-electron chi connectivity index (χ4n) is 1.35. The van der Waals surface area contributed by atoms with Crippen LogP contribution in [-0.4, -0.2) is 30.2 Å². The highest BCUT2D eigenvalue weighted by molar-refractivity contribution is 6.34. The van der Waals surface area contributed by atoms with Crippen LogP contribution in [-0.2, 0) is 14.3 Å². The van der Waals surface area contributed by atoms with Crippen molar-refractivity contribution in [1.29, 1.82) is 0 Å². The Morgan fingerprint density at radius 1 is 1.32 bits per heavy atom. The third kappa shape index (κ3) is 4.79. The first kappa shape index (κ1) is 15.3. The van der Waals surface area contributed by atoms with Crippen LogP contribution < -0.4 is 0 Å². The molecule has 0 atom stereocenters. The number of esters is 1. The van der Waals surface area contributed by atoms with Crippen molar-refractivity contribution in [3.63, 3.8) is 0 Å². The van der Waals surface area contributed by atoms with E-state index < -0.39 is 5.97 Å². The van der Waals surface area contributed by atoms with Crippen LogP contribution in [0.3, 0.4) is 0 Å². The van der Waals surface area contributed by atoms with Gasteiger partial charge >= 0.3 is 5.97 Å². The number of carbonyl (C=O) groups is 1. The minimum Gasteiger partial charge on any atom is -0.506 e. The lowest BCUT2D eigenvalue weighted by Gasteiger charge is -2.08. The van der Waals surface area contributed by atoms with Crippen molar-refractivity contribution in [2.75, 3.05) is 13.2 Å². The number of benzene rings is 1. The lowest BCUT2D eigenvalue weighted by atomic mass is 10.3. The Hall–Kier alpha value is -1.75. The zero-order valence-corrected chi connectivity index (χ0v) is 11.6. The number of phenolic OH excluding ortho intramolecular Hbond substituents is 1. The number of hydrogen-bond donors (Lipinski definition) is 1.